The van der Waals surface area contributed by atoms with Crippen molar-refractivity contribution in [3.8, 4) is 11.5 Å². The maximum atomic E-state index is 9.84. The lowest BCUT2D eigenvalue weighted by Gasteiger charge is -2.31. The molecule has 0 aliphatic carbocycles. The molecule has 0 amide bonds. The molecule has 1 fully saturated rings. The molecule has 0 bridgehead atoms. The third-order valence-corrected chi connectivity index (χ3v) is 9.01. The predicted molar refractivity (Wildman–Crippen MR) is 188 cm³/mol. The molecule has 0 aromatic heterocycles. The maximum absolute atomic E-state index is 9.84. The average Bonchev–Trinajstić information content (AvgIpc) is 3.51. The van der Waals surface area contributed by atoms with Gasteiger partial charge in [-0.1, -0.05) is 84.9 Å². The standard InChI is InChI=1S/C39H51N5O2/c40-34(22-31-13-17-38(45)18-14-31)26-42-35(23-32-15-19-39(46)20-16-32)27-43-36(24-30-8-3-1-4-9-30)29-44-21-7-12-37(44)28-41-25-33-10-5-2-6-11-33/h1-6,8-11,13-20,34-37,41-43,45-46H,7,12,21-29,40H2/t34-,35-,36-,37-/m0/s1. The van der Waals surface area contributed by atoms with Crippen LogP contribution < -0.4 is 21.7 Å². The van der Waals surface area contributed by atoms with Crippen LogP contribution in [0, 0.1) is 0 Å². The highest BCUT2D eigenvalue weighted by atomic mass is 16.3. The van der Waals surface area contributed by atoms with Crippen molar-refractivity contribution in [2.24, 2.45) is 5.73 Å². The number of likely N-dealkylation sites (tertiary alicyclic amines) is 1. The van der Waals surface area contributed by atoms with E-state index in [0.29, 0.717) is 18.6 Å². The highest BCUT2D eigenvalue weighted by Gasteiger charge is 2.27. The van der Waals surface area contributed by atoms with Crippen molar-refractivity contribution in [1.29, 1.82) is 0 Å². The van der Waals surface area contributed by atoms with E-state index >= 15 is 0 Å². The highest BCUT2D eigenvalue weighted by Crippen LogP contribution is 2.19. The predicted octanol–water partition coefficient (Wildman–Crippen LogP) is 4.62. The molecule has 4 aromatic rings. The molecule has 7 heteroatoms. The summed E-state index contributed by atoms with van der Waals surface area (Å²) in [6.45, 7) is 5.50. The van der Waals surface area contributed by atoms with E-state index in [2.05, 4.69) is 81.5 Å². The molecule has 4 atom stereocenters. The minimum atomic E-state index is -0.0549. The van der Waals surface area contributed by atoms with Gasteiger partial charge in [0, 0.05) is 56.9 Å². The van der Waals surface area contributed by atoms with Crippen LogP contribution in [0.25, 0.3) is 0 Å². The third-order valence-electron chi connectivity index (χ3n) is 9.01. The summed E-state index contributed by atoms with van der Waals surface area (Å²) in [5, 5.41) is 30.9. The number of rotatable bonds is 18. The maximum Gasteiger partial charge on any atom is 0.115 e. The SMILES string of the molecule is N[C@H](CN[C@H](CN[C@@H](Cc1ccccc1)CN1CCC[C@H]1CNCc1ccccc1)Cc1ccc(O)cc1)Cc1ccc(O)cc1. The molecule has 0 saturated carbocycles. The Morgan fingerprint density at radius 3 is 1.85 bits per heavy atom. The smallest absolute Gasteiger partial charge is 0.115 e. The van der Waals surface area contributed by atoms with Gasteiger partial charge in [-0.15, -0.1) is 0 Å². The summed E-state index contributed by atoms with van der Waals surface area (Å²) in [5.74, 6) is 0.549. The minimum absolute atomic E-state index is 0.0549. The molecule has 0 unspecified atom stereocenters. The Labute approximate surface area is 274 Å². The second-order valence-electron chi connectivity index (χ2n) is 12.8. The van der Waals surface area contributed by atoms with Crippen molar-refractivity contribution in [3.63, 3.8) is 0 Å². The summed E-state index contributed by atoms with van der Waals surface area (Å²) in [6.07, 6.45) is 4.99. The normalized spacial score (nSPS) is 17.1. The van der Waals surface area contributed by atoms with Crippen molar-refractivity contribution in [1.82, 2.24) is 20.9 Å². The lowest BCUT2D eigenvalue weighted by molar-refractivity contribution is 0.216. The molecule has 244 valence electrons. The van der Waals surface area contributed by atoms with Crippen molar-refractivity contribution in [2.45, 2.75) is 62.8 Å². The van der Waals surface area contributed by atoms with Gasteiger partial charge in [0.25, 0.3) is 0 Å². The Balaban J connectivity index is 1.21. The van der Waals surface area contributed by atoms with E-state index in [1.54, 1.807) is 24.3 Å². The average molecular weight is 622 g/mol. The van der Waals surface area contributed by atoms with Gasteiger partial charge < -0.3 is 31.9 Å². The van der Waals surface area contributed by atoms with E-state index in [1.807, 2.05) is 24.3 Å². The number of nitrogens with two attached hydrogens (primary N) is 1. The Bertz CT molecular complexity index is 1400. The van der Waals surface area contributed by atoms with Gasteiger partial charge in [0.05, 0.1) is 0 Å². The molecule has 7 nitrogen and oxygen atoms in total. The van der Waals surface area contributed by atoms with Gasteiger partial charge in [0.1, 0.15) is 11.5 Å². The number of phenols is 2. The molecule has 1 saturated heterocycles. The molecule has 1 heterocycles. The van der Waals surface area contributed by atoms with E-state index in [1.165, 1.54) is 29.5 Å². The second-order valence-corrected chi connectivity index (χ2v) is 12.8. The quantitative estimate of drug-likeness (QED) is 0.0963. The topological polar surface area (TPSA) is 106 Å². The number of aromatic hydroxyl groups is 2. The number of phenolic OH excluding ortho intramolecular Hbond substituents is 2. The van der Waals surface area contributed by atoms with Crippen LogP contribution in [0.5, 0.6) is 11.5 Å². The van der Waals surface area contributed by atoms with E-state index in [-0.39, 0.29) is 23.6 Å². The van der Waals surface area contributed by atoms with Gasteiger partial charge in [-0.05, 0) is 85.2 Å². The molecule has 46 heavy (non-hydrogen) atoms. The van der Waals surface area contributed by atoms with Crippen LogP contribution in [0.3, 0.4) is 0 Å². The zero-order chi connectivity index (χ0) is 32.0. The fourth-order valence-corrected chi connectivity index (χ4v) is 6.50. The summed E-state index contributed by atoms with van der Waals surface area (Å²) < 4.78 is 0. The Kier molecular flexibility index (Phi) is 13.0. The number of nitrogens with one attached hydrogen (secondary N) is 3. The van der Waals surface area contributed by atoms with Crippen molar-refractivity contribution in [2.75, 3.05) is 32.7 Å². The van der Waals surface area contributed by atoms with E-state index in [4.69, 9.17) is 5.73 Å². The second kappa shape index (κ2) is 17.8. The van der Waals surface area contributed by atoms with Crippen molar-refractivity contribution >= 4 is 0 Å². The summed E-state index contributed by atoms with van der Waals surface area (Å²) in [6, 6.07) is 37.2. The first-order chi connectivity index (χ1) is 22.5. The molecular weight excluding hydrogens is 570 g/mol. The molecule has 4 aromatic carbocycles. The molecular formula is C39H51N5O2. The Morgan fingerprint density at radius 1 is 0.652 bits per heavy atom. The molecule has 1 aliphatic rings. The molecule has 0 radical (unpaired) electrons. The van der Waals surface area contributed by atoms with Crippen LogP contribution in [-0.4, -0.2) is 72.0 Å². The van der Waals surface area contributed by atoms with Gasteiger partial charge in [0.15, 0.2) is 0 Å². The first-order valence-corrected chi connectivity index (χ1v) is 16.8. The van der Waals surface area contributed by atoms with Gasteiger partial charge in [-0.2, -0.15) is 0 Å². The Hall–Kier alpha value is -3.72. The Morgan fingerprint density at radius 2 is 1.20 bits per heavy atom. The largest absolute Gasteiger partial charge is 0.508 e. The number of nitrogens with zero attached hydrogens (tertiary/aromatic N) is 1. The zero-order valence-corrected chi connectivity index (χ0v) is 26.9. The van der Waals surface area contributed by atoms with E-state index in [0.717, 1.165) is 57.5 Å². The number of hydrogen-bond donors (Lipinski definition) is 6. The third kappa shape index (κ3) is 11.3. The van der Waals surface area contributed by atoms with E-state index < -0.39 is 0 Å². The molecule has 5 rings (SSSR count). The fourth-order valence-electron chi connectivity index (χ4n) is 6.50. The van der Waals surface area contributed by atoms with Crippen LogP contribution in [-0.2, 0) is 25.8 Å². The lowest BCUT2D eigenvalue weighted by atomic mass is 10.0. The highest BCUT2D eigenvalue weighted by molar-refractivity contribution is 5.27. The van der Waals surface area contributed by atoms with Gasteiger partial charge in [0.2, 0.25) is 0 Å². The van der Waals surface area contributed by atoms with Crippen LogP contribution in [0.4, 0.5) is 0 Å². The van der Waals surface area contributed by atoms with E-state index in [9.17, 15) is 10.2 Å². The zero-order valence-electron chi connectivity index (χ0n) is 26.9. The van der Waals surface area contributed by atoms with Crippen molar-refractivity contribution < 1.29 is 10.2 Å². The van der Waals surface area contributed by atoms with Crippen LogP contribution in [0.1, 0.15) is 35.1 Å². The summed E-state index contributed by atoms with van der Waals surface area (Å²) in [5.41, 5.74) is 11.5. The van der Waals surface area contributed by atoms with Gasteiger partial charge in [-0.3, -0.25) is 4.90 Å². The number of benzene rings is 4. The first-order valence-electron chi connectivity index (χ1n) is 16.8. The van der Waals surface area contributed by atoms with Gasteiger partial charge >= 0.3 is 0 Å². The number of hydrogen-bond acceptors (Lipinski definition) is 7. The summed E-state index contributed by atoms with van der Waals surface area (Å²) in [7, 11) is 0. The van der Waals surface area contributed by atoms with Crippen molar-refractivity contribution in [3.05, 3.63) is 131 Å². The summed E-state index contributed by atoms with van der Waals surface area (Å²) in [4.78, 5) is 2.68. The molecule has 0 spiro atoms. The van der Waals surface area contributed by atoms with Crippen LogP contribution >= 0.6 is 0 Å². The first kappa shape index (κ1) is 33.6. The monoisotopic (exact) mass is 621 g/mol. The van der Waals surface area contributed by atoms with Crippen LogP contribution in [0.2, 0.25) is 0 Å². The molecule has 1 aliphatic heterocycles. The van der Waals surface area contributed by atoms with Crippen LogP contribution in [0.15, 0.2) is 109 Å². The minimum Gasteiger partial charge on any atom is -0.508 e. The summed E-state index contributed by atoms with van der Waals surface area (Å²) >= 11 is 0. The lowest BCUT2D eigenvalue weighted by Crippen LogP contribution is -2.51. The van der Waals surface area contributed by atoms with Gasteiger partial charge in [-0.25, -0.2) is 0 Å². The fraction of sp³-hybridized carbons (Fsp3) is 0.385. The molecule has 7 N–H and O–H groups in total.